The number of hydrogen-bond acceptors (Lipinski definition) is 7. The lowest BCUT2D eigenvalue weighted by Crippen LogP contribution is -2.47. The number of aryl methyl sites for hydroxylation is 1. The van der Waals surface area contributed by atoms with Gasteiger partial charge in [-0.3, -0.25) is 9.58 Å². The summed E-state index contributed by atoms with van der Waals surface area (Å²) >= 11 is 1.74. The number of hydrogen-bond donors (Lipinski definition) is 0. The van der Waals surface area contributed by atoms with Gasteiger partial charge in [-0.15, -0.1) is 5.10 Å². The van der Waals surface area contributed by atoms with Gasteiger partial charge >= 0.3 is 0 Å². The zero-order valence-electron chi connectivity index (χ0n) is 19.6. The monoisotopic (exact) mass is 431 g/mol. The second-order valence-corrected chi connectivity index (χ2v) is 11.2. The van der Waals surface area contributed by atoms with Gasteiger partial charge in [0.25, 0.3) is 0 Å². The standard InChI is InChI=1S/C22H37N7S/c1-21(2,3)17-15-18(25-19(24-17)22(4,5)6)29-12-10-28(11-13-29)9-8-14-30-20-23-16-27(7)26-20/h15-16H,8-14H2,1-7H3. The third-order valence-electron chi connectivity index (χ3n) is 5.28. The molecule has 0 unspecified atom stereocenters. The van der Waals surface area contributed by atoms with E-state index in [0.717, 1.165) is 67.4 Å². The predicted molar refractivity (Wildman–Crippen MR) is 124 cm³/mol. The number of thioether (sulfide) groups is 1. The Balaban J connectivity index is 1.55. The van der Waals surface area contributed by atoms with Crippen LogP contribution in [0, 0.1) is 0 Å². The van der Waals surface area contributed by atoms with Gasteiger partial charge in [0, 0.05) is 55.9 Å². The highest BCUT2D eigenvalue weighted by Crippen LogP contribution is 2.28. The van der Waals surface area contributed by atoms with Crippen LogP contribution in [0.15, 0.2) is 17.6 Å². The van der Waals surface area contributed by atoms with Gasteiger partial charge in [-0.05, 0) is 13.0 Å². The Morgan fingerprint density at radius 3 is 2.23 bits per heavy atom. The normalized spacial score (nSPS) is 16.3. The average molecular weight is 432 g/mol. The van der Waals surface area contributed by atoms with Crippen molar-refractivity contribution < 1.29 is 0 Å². The van der Waals surface area contributed by atoms with Crippen LogP contribution in [0.3, 0.4) is 0 Å². The molecule has 30 heavy (non-hydrogen) atoms. The first-order chi connectivity index (χ1) is 14.0. The van der Waals surface area contributed by atoms with Crippen molar-refractivity contribution >= 4 is 17.6 Å². The molecule has 166 valence electrons. The molecule has 2 aromatic rings. The number of rotatable bonds is 6. The molecule has 0 radical (unpaired) electrons. The quantitative estimate of drug-likeness (QED) is 0.512. The lowest BCUT2D eigenvalue weighted by molar-refractivity contribution is 0.258. The summed E-state index contributed by atoms with van der Waals surface area (Å²) in [5.41, 5.74) is 1.08. The van der Waals surface area contributed by atoms with Crippen molar-refractivity contribution in [2.75, 3.05) is 43.4 Å². The first-order valence-electron chi connectivity index (χ1n) is 10.9. The highest BCUT2D eigenvalue weighted by atomic mass is 32.2. The maximum absolute atomic E-state index is 4.95. The Labute approximate surface area is 185 Å². The summed E-state index contributed by atoms with van der Waals surface area (Å²) in [6.07, 6.45) is 2.91. The van der Waals surface area contributed by atoms with Gasteiger partial charge < -0.3 is 4.90 Å². The molecule has 0 saturated carbocycles. The zero-order valence-corrected chi connectivity index (χ0v) is 20.5. The van der Waals surface area contributed by atoms with Crippen molar-refractivity contribution in [2.45, 2.75) is 63.9 Å². The molecule has 7 nitrogen and oxygen atoms in total. The molecule has 3 heterocycles. The van der Waals surface area contributed by atoms with Gasteiger partial charge in [-0.2, -0.15) is 0 Å². The van der Waals surface area contributed by atoms with Gasteiger partial charge in [0.15, 0.2) is 0 Å². The average Bonchev–Trinajstić information content (AvgIpc) is 3.09. The Kier molecular flexibility index (Phi) is 7.07. The first-order valence-corrected chi connectivity index (χ1v) is 11.9. The summed E-state index contributed by atoms with van der Waals surface area (Å²) in [6.45, 7) is 18.5. The topological polar surface area (TPSA) is 63.0 Å². The van der Waals surface area contributed by atoms with Crippen LogP contribution < -0.4 is 4.90 Å². The van der Waals surface area contributed by atoms with Gasteiger partial charge in [0.05, 0.1) is 5.69 Å². The molecule has 0 spiro atoms. The molecular weight excluding hydrogens is 394 g/mol. The predicted octanol–water partition coefficient (Wildman–Crippen LogP) is 3.50. The Hall–Kier alpha value is -1.67. The van der Waals surface area contributed by atoms with Crippen molar-refractivity contribution in [3.05, 3.63) is 23.9 Å². The summed E-state index contributed by atoms with van der Waals surface area (Å²) in [7, 11) is 1.91. The Morgan fingerprint density at radius 2 is 1.67 bits per heavy atom. The van der Waals surface area contributed by atoms with Gasteiger partial charge in [0.1, 0.15) is 18.0 Å². The zero-order chi connectivity index (χ0) is 21.9. The molecule has 2 aromatic heterocycles. The first kappa shape index (κ1) is 23.0. The number of nitrogens with zero attached hydrogens (tertiary/aromatic N) is 7. The van der Waals surface area contributed by atoms with Crippen LogP contribution in [-0.2, 0) is 17.9 Å². The molecule has 1 aliphatic heterocycles. The highest BCUT2D eigenvalue weighted by Gasteiger charge is 2.26. The SMILES string of the molecule is Cn1cnc(SCCCN2CCN(c3cc(C(C)(C)C)nc(C(C)(C)C)n3)CC2)n1. The molecule has 0 atom stereocenters. The van der Waals surface area contributed by atoms with Gasteiger partial charge in [-0.1, -0.05) is 53.3 Å². The summed E-state index contributed by atoms with van der Waals surface area (Å²) in [5, 5.41) is 5.19. The maximum atomic E-state index is 4.95. The Bertz CT molecular complexity index is 794. The van der Waals surface area contributed by atoms with Gasteiger partial charge in [0.2, 0.25) is 5.16 Å². The minimum atomic E-state index is -0.0576. The van der Waals surface area contributed by atoms with Crippen LogP contribution in [0.2, 0.25) is 0 Å². The minimum absolute atomic E-state index is 0.0135. The summed E-state index contributed by atoms with van der Waals surface area (Å²) in [5.74, 6) is 3.07. The molecule has 1 aliphatic rings. The summed E-state index contributed by atoms with van der Waals surface area (Å²) < 4.78 is 1.75. The molecule has 8 heteroatoms. The Morgan fingerprint density at radius 1 is 0.967 bits per heavy atom. The van der Waals surface area contributed by atoms with Crippen molar-refractivity contribution in [3.8, 4) is 0 Å². The van der Waals surface area contributed by atoms with Crippen molar-refractivity contribution in [3.63, 3.8) is 0 Å². The van der Waals surface area contributed by atoms with E-state index in [1.807, 2.05) is 7.05 Å². The van der Waals surface area contributed by atoms with Crippen LogP contribution in [0.25, 0.3) is 0 Å². The lowest BCUT2D eigenvalue weighted by atomic mass is 9.90. The summed E-state index contributed by atoms with van der Waals surface area (Å²) in [6, 6.07) is 2.20. The number of piperazine rings is 1. The lowest BCUT2D eigenvalue weighted by Gasteiger charge is -2.36. The molecule has 1 fully saturated rings. The number of aromatic nitrogens is 5. The molecule has 1 saturated heterocycles. The molecular formula is C22H37N7S. The number of anilines is 1. The fourth-order valence-corrected chi connectivity index (χ4v) is 4.12. The maximum Gasteiger partial charge on any atom is 0.208 e. The second kappa shape index (κ2) is 9.22. The fourth-order valence-electron chi connectivity index (χ4n) is 3.35. The van der Waals surface area contributed by atoms with E-state index in [2.05, 4.69) is 67.5 Å². The van der Waals surface area contributed by atoms with Crippen LogP contribution >= 0.6 is 11.8 Å². The minimum Gasteiger partial charge on any atom is -0.354 e. The van der Waals surface area contributed by atoms with Crippen LogP contribution in [-0.4, -0.2) is 68.1 Å². The third-order valence-corrected chi connectivity index (χ3v) is 6.21. The molecule has 0 N–H and O–H groups in total. The van der Waals surface area contributed by atoms with E-state index in [0.29, 0.717) is 0 Å². The van der Waals surface area contributed by atoms with Crippen molar-refractivity contribution in [2.24, 2.45) is 7.05 Å². The summed E-state index contributed by atoms with van der Waals surface area (Å²) in [4.78, 5) is 19.1. The van der Waals surface area contributed by atoms with E-state index >= 15 is 0 Å². The molecule has 0 amide bonds. The molecule has 0 bridgehead atoms. The fraction of sp³-hybridized carbons (Fsp3) is 0.727. The van der Waals surface area contributed by atoms with E-state index in [-0.39, 0.29) is 10.8 Å². The second-order valence-electron chi connectivity index (χ2n) is 10.2. The van der Waals surface area contributed by atoms with E-state index in [9.17, 15) is 0 Å². The molecule has 0 aromatic carbocycles. The van der Waals surface area contributed by atoms with Crippen LogP contribution in [0.1, 0.15) is 59.5 Å². The highest BCUT2D eigenvalue weighted by molar-refractivity contribution is 7.99. The largest absolute Gasteiger partial charge is 0.354 e. The molecule has 3 rings (SSSR count). The van der Waals surface area contributed by atoms with Crippen molar-refractivity contribution in [1.29, 1.82) is 0 Å². The van der Waals surface area contributed by atoms with Crippen molar-refractivity contribution in [1.82, 2.24) is 29.6 Å². The smallest absolute Gasteiger partial charge is 0.208 e. The van der Waals surface area contributed by atoms with E-state index < -0.39 is 0 Å². The van der Waals surface area contributed by atoms with Gasteiger partial charge in [-0.25, -0.2) is 15.0 Å². The van der Waals surface area contributed by atoms with E-state index in [1.165, 1.54) is 0 Å². The van der Waals surface area contributed by atoms with Crippen LogP contribution in [0.4, 0.5) is 5.82 Å². The van der Waals surface area contributed by atoms with E-state index in [1.54, 1.807) is 22.8 Å². The third kappa shape index (κ3) is 6.17. The molecule has 0 aliphatic carbocycles. The van der Waals surface area contributed by atoms with E-state index in [4.69, 9.17) is 9.97 Å². The van der Waals surface area contributed by atoms with Crippen LogP contribution in [0.5, 0.6) is 0 Å².